The summed E-state index contributed by atoms with van der Waals surface area (Å²) >= 11 is 0. The van der Waals surface area contributed by atoms with Crippen LogP contribution in [0.3, 0.4) is 0 Å². The van der Waals surface area contributed by atoms with Crippen LogP contribution in [0.4, 0.5) is 10.2 Å². The van der Waals surface area contributed by atoms with Crippen LogP contribution < -0.4 is 4.90 Å². The molecular formula is C11H16FN3. The summed E-state index contributed by atoms with van der Waals surface area (Å²) in [6, 6.07) is 1.40. The van der Waals surface area contributed by atoms with Crippen LogP contribution in [0.25, 0.3) is 0 Å². The summed E-state index contributed by atoms with van der Waals surface area (Å²) in [5.41, 5.74) is 0. The van der Waals surface area contributed by atoms with Gasteiger partial charge in [-0.1, -0.05) is 6.42 Å². The molecule has 3 nitrogen and oxygen atoms in total. The molecule has 0 N–H and O–H groups in total. The lowest BCUT2D eigenvalue weighted by Crippen LogP contribution is -2.33. The molecule has 0 amide bonds. The molecule has 0 spiro atoms. The Labute approximate surface area is 89.3 Å². The van der Waals surface area contributed by atoms with Crippen molar-refractivity contribution < 1.29 is 4.39 Å². The van der Waals surface area contributed by atoms with Gasteiger partial charge in [0.2, 0.25) is 5.95 Å². The second-order valence-corrected chi connectivity index (χ2v) is 4.03. The topological polar surface area (TPSA) is 29.0 Å². The van der Waals surface area contributed by atoms with Gasteiger partial charge in [-0.15, -0.1) is 0 Å². The zero-order valence-electron chi connectivity index (χ0n) is 8.99. The fraction of sp³-hybridized carbons (Fsp3) is 0.636. The van der Waals surface area contributed by atoms with Gasteiger partial charge >= 0.3 is 0 Å². The van der Waals surface area contributed by atoms with E-state index in [0.717, 1.165) is 19.0 Å². The minimum atomic E-state index is -0.452. The lowest BCUT2D eigenvalue weighted by atomic mass is 9.85. The standard InChI is InChI=1S/C11H16FN3/c1-2-15(7-9-4-3-5-9)11-6-10(12)13-8-14-11/h6,8-9H,2-5,7H2,1H3. The molecule has 1 aromatic rings. The molecule has 0 atom stereocenters. The Morgan fingerprint density at radius 2 is 2.27 bits per heavy atom. The van der Waals surface area contributed by atoms with E-state index in [1.54, 1.807) is 0 Å². The van der Waals surface area contributed by atoms with Crippen LogP contribution >= 0.6 is 0 Å². The number of aromatic nitrogens is 2. The highest BCUT2D eigenvalue weighted by atomic mass is 19.1. The Balaban J connectivity index is 2.04. The maximum atomic E-state index is 12.9. The van der Waals surface area contributed by atoms with Crippen LogP contribution in [-0.4, -0.2) is 23.1 Å². The molecule has 1 heterocycles. The van der Waals surface area contributed by atoms with Crippen LogP contribution in [0.2, 0.25) is 0 Å². The Hall–Kier alpha value is -1.19. The zero-order chi connectivity index (χ0) is 10.7. The second-order valence-electron chi connectivity index (χ2n) is 4.03. The number of nitrogens with zero attached hydrogens (tertiary/aromatic N) is 3. The summed E-state index contributed by atoms with van der Waals surface area (Å²) in [7, 11) is 0. The molecule has 0 aliphatic heterocycles. The summed E-state index contributed by atoms with van der Waals surface area (Å²) in [6.45, 7) is 3.93. The third-order valence-electron chi connectivity index (χ3n) is 3.03. The van der Waals surface area contributed by atoms with Gasteiger partial charge in [-0.2, -0.15) is 4.39 Å². The van der Waals surface area contributed by atoms with Gasteiger partial charge in [-0.05, 0) is 25.7 Å². The van der Waals surface area contributed by atoms with Gasteiger partial charge in [0.15, 0.2) is 0 Å². The maximum Gasteiger partial charge on any atom is 0.218 e. The van der Waals surface area contributed by atoms with Crippen molar-refractivity contribution in [3.05, 3.63) is 18.3 Å². The molecule has 4 heteroatoms. The largest absolute Gasteiger partial charge is 0.356 e. The molecule has 1 aliphatic rings. The number of halogens is 1. The molecule has 0 bridgehead atoms. The molecule has 0 radical (unpaired) electrons. The van der Waals surface area contributed by atoms with Gasteiger partial charge in [0, 0.05) is 19.2 Å². The molecule has 1 aliphatic carbocycles. The van der Waals surface area contributed by atoms with E-state index in [1.807, 2.05) is 0 Å². The van der Waals surface area contributed by atoms with Gasteiger partial charge in [-0.3, -0.25) is 0 Å². The predicted molar refractivity (Wildman–Crippen MR) is 57.2 cm³/mol. The van der Waals surface area contributed by atoms with Crippen molar-refractivity contribution in [2.45, 2.75) is 26.2 Å². The first-order valence-corrected chi connectivity index (χ1v) is 5.52. The quantitative estimate of drug-likeness (QED) is 0.712. The molecule has 15 heavy (non-hydrogen) atoms. The zero-order valence-corrected chi connectivity index (χ0v) is 8.99. The molecule has 1 saturated carbocycles. The number of rotatable bonds is 4. The lowest BCUT2D eigenvalue weighted by Gasteiger charge is -2.32. The third kappa shape index (κ3) is 2.43. The van der Waals surface area contributed by atoms with E-state index in [2.05, 4.69) is 21.8 Å². The van der Waals surface area contributed by atoms with Crippen molar-refractivity contribution in [3.8, 4) is 0 Å². The minimum Gasteiger partial charge on any atom is -0.356 e. The van der Waals surface area contributed by atoms with Gasteiger partial charge in [0.05, 0.1) is 0 Å². The maximum absolute atomic E-state index is 12.9. The van der Waals surface area contributed by atoms with Crippen molar-refractivity contribution in [2.24, 2.45) is 5.92 Å². The summed E-state index contributed by atoms with van der Waals surface area (Å²) in [5, 5.41) is 0. The smallest absolute Gasteiger partial charge is 0.218 e. The molecule has 0 saturated heterocycles. The van der Waals surface area contributed by atoms with Gasteiger partial charge in [0.1, 0.15) is 12.1 Å². The van der Waals surface area contributed by atoms with Gasteiger partial charge in [0.25, 0.3) is 0 Å². The van der Waals surface area contributed by atoms with Crippen LogP contribution in [-0.2, 0) is 0 Å². The van der Waals surface area contributed by atoms with E-state index in [9.17, 15) is 4.39 Å². The Morgan fingerprint density at radius 3 is 2.80 bits per heavy atom. The van der Waals surface area contributed by atoms with E-state index in [4.69, 9.17) is 0 Å². The van der Waals surface area contributed by atoms with Crippen molar-refractivity contribution >= 4 is 5.82 Å². The van der Waals surface area contributed by atoms with Crippen molar-refractivity contribution in [1.29, 1.82) is 0 Å². The molecule has 82 valence electrons. The highest BCUT2D eigenvalue weighted by Crippen LogP contribution is 2.28. The Bertz CT molecular complexity index is 325. The average molecular weight is 209 g/mol. The molecule has 2 rings (SSSR count). The van der Waals surface area contributed by atoms with Crippen molar-refractivity contribution in [2.75, 3.05) is 18.0 Å². The van der Waals surface area contributed by atoms with Gasteiger partial charge < -0.3 is 4.90 Å². The van der Waals surface area contributed by atoms with Crippen LogP contribution in [0.1, 0.15) is 26.2 Å². The van der Waals surface area contributed by atoms with Crippen LogP contribution in [0.15, 0.2) is 12.4 Å². The van der Waals surface area contributed by atoms with E-state index < -0.39 is 5.95 Å². The summed E-state index contributed by atoms with van der Waals surface area (Å²) in [5.74, 6) is 1.02. The predicted octanol–water partition coefficient (Wildman–Crippen LogP) is 2.24. The summed E-state index contributed by atoms with van der Waals surface area (Å²) in [6.07, 6.45) is 5.21. The monoisotopic (exact) mass is 209 g/mol. The number of hydrogen-bond donors (Lipinski definition) is 0. The van der Waals surface area contributed by atoms with Crippen LogP contribution in [0, 0.1) is 11.9 Å². The lowest BCUT2D eigenvalue weighted by molar-refractivity contribution is 0.318. The first-order valence-electron chi connectivity index (χ1n) is 5.52. The molecular weight excluding hydrogens is 193 g/mol. The fourth-order valence-electron chi connectivity index (χ4n) is 1.87. The fourth-order valence-corrected chi connectivity index (χ4v) is 1.87. The summed E-state index contributed by atoms with van der Waals surface area (Å²) in [4.78, 5) is 9.68. The third-order valence-corrected chi connectivity index (χ3v) is 3.03. The first-order chi connectivity index (χ1) is 7.29. The van der Waals surface area contributed by atoms with Crippen LogP contribution in [0.5, 0.6) is 0 Å². The van der Waals surface area contributed by atoms with Crippen molar-refractivity contribution in [3.63, 3.8) is 0 Å². The Morgan fingerprint density at radius 1 is 1.47 bits per heavy atom. The molecule has 1 fully saturated rings. The molecule has 1 aromatic heterocycles. The van der Waals surface area contributed by atoms with E-state index >= 15 is 0 Å². The SMILES string of the molecule is CCN(CC1CCC1)c1cc(F)ncn1. The highest BCUT2D eigenvalue weighted by Gasteiger charge is 2.20. The average Bonchev–Trinajstić information content (AvgIpc) is 2.16. The Kier molecular flexibility index (Phi) is 3.14. The van der Waals surface area contributed by atoms with Crippen molar-refractivity contribution in [1.82, 2.24) is 9.97 Å². The summed E-state index contributed by atoms with van der Waals surface area (Å²) < 4.78 is 12.9. The normalized spacial score (nSPS) is 16.1. The second kappa shape index (κ2) is 4.55. The molecule has 0 aromatic carbocycles. The first kappa shape index (κ1) is 10.3. The highest BCUT2D eigenvalue weighted by molar-refractivity contribution is 5.36. The van der Waals surface area contributed by atoms with E-state index in [-0.39, 0.29) is 0 Å². The molecule has 0 unspecified atom stereocenters. The van der Waals surface area contributed by atoms with E-state index in [1.165, 1.54) is 31.7 Å². The minimum absolute atomic E-state index is 0.452. The number of hydrogen-bond acceptors (Lipinski definition) is 3. The number of anilines is 1. The van der Waals surface area contributed by atoms with Gasteiger partial charge in [-0.25, -0.2) is 9.97 Å². The van der Waals surface area contributed by atoms with E-state index in [0.29, 0.717) is 5.82 Å².